The number of aromatic nitrogens is 1. The Bertz CT molecular complexity index is 804. The zero-order chi connectivity index (χ0) is 17.7. The van der Waals surface area contributed by atoms with Crippen molar-refractivity contribution in [3.63, 3.8) is 0 Å². The van der Waals surface area contributed by atoms with E-state index in [1.165, 1.54) is 7.11 Å². The first-order chi connectivity index (χ1) is 11.4. The molecule has 1 aromatic carbocycles. The standard InChI is InChI=1S/C17H21N3O4/c1-20(2)10-11-6-7-18-12(8-11)4-5-13(21)9-19-14-15(22)16(23)17(14)24-3/h5-8,19,21H,4,9-10H2,1-3H3/b13-5-. The fraction of sp³-hybridized carbons (Fsp3) is 0.353. The highest BCUT2D eigenvalue weighted by Gasteiger charge is 2.21. The van der Waals surface area contributed by atoms with E-state index in [2.05, 4.69) is 15.2 Å². The first-order valence-corrected chi connectivity index (χ1v) is 7.50. The van der Waals surface area contributed by atoms with Crippen molar-refractivity contribution in [2.45, 2.75) is 13.0 Å². The summed E-state index contributed by atoms with van der Waals surface area (Å²) in [6, 6.07) is 3.93. The molecular weight excluding hydrogens is 310 g/mol. The quantitative estimate of drug-likeness (QED) is 0.547. The molecule has 0 aliphatic rings. The van der Waals surface area contributed by atoms with Crippen molar-refractivity contribution in [3.05, 3.63) is 61.9 Å². The summed E-state index contributed by atoms with van der Waals surface area (Å²) >= 11 is 0. The van der Waals surface area contributed by atoms with Crippen molar-refractivity contribution >= 4 is 5.69 Å². The van der Waals surface area contributed by atoms with Gasteiger partial charge in [-0.3, -0.25) is 14.6 Å². The maximum Gasteiger partial charge on any atom is 0.271 e. The number of pyridine rings is 1. The molecule has 2 N–H and O–H groups in total. The molecule has 0 aliphatic heterocycles. The summed E-state index contributed by atoms with van der Waals surface area (Å²) in [5.41, 5.74) is 0.814. The monoisotopic (exact) mass is 331 g/mol. The number of allylic oxidation sites excluding steroid dienone is 1. The van der Waals surface area contributed by atoms with Crippen LogP contribution in [0.25, 0.3) is 0 Å². The van der Waals surface area contributed by atoms with Crippen LogP contribution in [0, 0.1) is 0 Å². The lowest BCUT2D eigenvalue weighted by Crippen LogP contribution is -2.35. The van der Waals surface area contributed by atoms with Gasteiger partial charge in [-0.15, -0.1) is 0 Å². The second-order valence-electron chi connectivity index (χ2n) is 5.71. The van der Waals surface area contributed by atoms with Crippen LogP contribution < -0.4 is 20.9 Å². The minimum atomic E-state index is -0.648. The van der Waals surface area contributed by atoms with Gasteiger partial charge in [-0.2, -0.15) is 0 Å². The predicted molar refractivity (Wildman–Crippen MR) is 92.4 cm³/mol. The normalized spacial score (nSPS) is 11.9. The number of aliphatic hydroxyl groups excluding tert-OH is 1. The zero-order valence-corrected chi connectivity index (χ0v) is 14.0. The summed E-state index contributed by atoms with van der Waals surface area (Å²) in [4.78, 5) is 28.9. The molecule has 2 aromatic rings. The molecule has 0 aliphatic carbocycles. The van der Waals surface area contributed by atoms with Crippen molar-refractivity contribution in [1.29, 1.82) is 0 Å². The van der Waals surface area contributed by atoms with Crippen molar-refractivity contribution in [2.75, 3.05) is 33.1 Å². The molecular formula is C17H21N3O4. The highest BCUT2D eigenvalue weighted by molar-refractivity contribution is 5.62. The number of methoxy groups -OCH3 is 1. The van der Waals surface area contributed by atoms with Crippen molar-refractivity contribution in [2.24, 2.45) is 0 Å². The number of hydrogen-bond acceptors (Lipinski definition) is 7. The van der Waals surface area contributed by atoms with E-state index in [0.29, 0.717) is 6.42 Å². The Balaban J connectivity index is 1.93. The Hall–Kier alpha value is -2.67. The van der Waals surface area contributed by atoms with Gasteiger partial charge in [0, 0.05) is 24.9 Å². The lowest BCUT2D eigenvalue weighted by Gasteiger charge is -2.11. The van der Waals surface area contributed by atoms with E-state index in [0.717, 1.165) is 17.8 Å². The summed E-state index contributed by atoms with van der Waals surface area (Å²) in [7, 11) is 5.31. The van der Waals surface area contributed by atoms with Crippen LogP contribution in [-0.4, -0.2) is 42.7 Å². The molecule has 24 heavy (non-hydrogen) atoms. The molecule has 1 heterocycles. The molecule has 2 rings (SSSR count). The summed E-state index contributed by atoms with van der Waals surface area (Å²) < 4.78 is 4.82. The number of rotatable bonds is 8. The molecule has 0 fully saturated rings. The Morgan fingerprint density at radius 1 is 1.38 bits per heavy atom. The number of nitrogens with zero attached hydrogens (tertiary/aromatic N) is 2. The average molecular weight is 331 g/mol. The molecule has 7 heteroatoms. The van der Waals surface area contributed by atoms with Gasteiger partial charge in [-0.25, -0.2) is 0 Å². The predicted octanol–water partition coefficient (Wildman–Crippen LogP) is 0.844. The van der Waals surface area contributed by atoms with Gasteiger partial charge in [-0.05, 0) is 37.9 Å². The van der Waals surface area contributed by atoms with Crippen molar-refractivity contribution in [3.8, 4) is 5.75 Å². The maximum atomic E-state index is 11.4. The highest BCUT2D eigenvalue weighted by Crippen LogP contribution is 2.16. The molecule has 0 atom stereocenters. The molecule has 0 amide bonds. The largest absolute Gasteiger partial charge is 0.511 e. The lowest BCUT2D eigenvalue weighted by atomic mass is 10.1. The van der Waals surface area contributed by atoms with Gasteiger partial charge in [0.25, 0.3) is 10.9 Å². The van der Waals surface area contributed by atoms with Crippen LogP contribution in [0.2, 0.25) is 0 Å². The SMILES string of the molecule is COc1c(NC/C(O)=C/Cc2cc(CN(C)C)ccn2)c(=O)c1=O. The van der Waals surface area contributed by atoms with Gasteiger partial charge in [-0.1, -0.05) is 0 Å². The summed E-state index contributed by atoms with van der Waals surface area (Å²) in [6.45, 7) is 0.857. The minimum Gasteiger partial charge on any atom is -0.511 e. The third-order valence-corrected chi connectivity index (χ3v) is 3.44. The van der Waals surface area contributed by atoms with E-state index in [9.17, 15) is 14.7 Å². The number of aliphatic hydroxyl groups is 1. The van der Waals surface area contributed by atoms with Gasteiger partial charge in [0.05, 0.1) is 13.7 Å². The second kappa shape index (κ2) is 7.74. The van der Waals surface area contributed by atoms with E-state index in [1.807, 2.05) is 26.2 Å². The van der Waals surface area contributed by atoms with Gasteiger partial charge < -0.3 is 20.1 Å². The van der Waals surface area contributed by atoms with E-state index < -0.39 is 10.9 Å². The van der Waals surface area contributed by atoms with Crippen LogP contribution in [0.5, 0.6) is 5.75 Å². The Labute approximate surface area is 139 Å². The molecule has 0 saturated heterocycles. The van der Waals surface area contributed by atoms with Crippen LogP contribution in [0.1, 0.15) is 11.3 Å². The molecule has 1 aromatic heterocycles. The average Bonchev–Trinajstić information content (AvgIpc) is 2.55. The smallest absolute Gasteiger partial charge is 0.271 e. The van der Waals surface area contributed by atoms with Crippen LogP contribution in [0.15, 0.2) is 39.8 Å². The first kappa shape index (κ1) is 17.7. The number of nitrogens with one attached hydrogen (secondary N) is 1. The molecule has 0 spiro atoms. The van der Waals surface area contributed by atoms with Gasteiger partial charge >= 0.3 is 0 Å². The van der Waals surface area contributed by atoms with Gasteiger partial charge in [0.2, 0.25) is 0 Å². The molecule has 0 saturated carbocycles. The molecule has 128 valence electrons. The molecule has 7 nitrogen and oxygen atoms in total. The van der Waals surface area contributed by atoms with E-state index in [-0.39, 0.29) is 23.7 Å². The van der Waals surface area contributed by atoms with E-state index >= 15 is 0 Å². The van der Waals surface area contributed by atoms with Crippen molar-refractivity contribution in [1.82, 2.24) is 9.88 Å². The fourth-order valence-corrected chi connectivity index (χ4v) is 2.30. The van der Waals surface area contributed by atoms with Crippen LogP contribution >= 0.6 is 0 Å². The topological polar surface area (TPSA) is 91.8 Å². The van der Waals surface area contributed by atoms with Crippen LogP contribution in [0.3, 0.4) is 0 Å². The highest BCUT2D eigenvalue weighted by atomic mass is 16.5. The number of anilines is 1. The minimum absolute atomic E-state index is 0.00542. The molecule has 0 unspecified atom stereocenters. The van der Waals surface area contributed by atoms with E-state index in [4.69, 9.17) is 4.74 Å². The molecule has 0 bridgehead atoms. The van der Waals surface area contributed by atoms with Gasteiger partial charge in [0.1, 0.15) is 11.4 Å². The van der Waals surface area contributed by atoms with E-state index in [1.54, 1.807) is 12.3 Å². The zero-order valence-electron chi connectivity index (χ0n) is 14.0. The first-order valence-electron chi connectivity index (χ1n) is 7.50. The number of ether oxygens (including phenoxy) is 1. The third-order valence-electron chi connectivity index (χ3n) is 3.44. The summed E-state index contributed by atoms with van der Waals surface area (Å²) in [5, 5.41) is 12.6. The summed E-state index contributed by atoms with van der Waals surface area (Å²) in [5.74, 6) is 0.0655. The second-order valence-corrected chi connectivity index (χ2v) is 5.71. The maximum absolute atomic E-state index is 11.4. The lowest BCUT2D eigenvalue weighted by molar-refractivity contribution is 0.399. The van der Waals surface area contributed by atoms with Crippen LogP contribution in [-0.2, 0) is 13.0 Å². The fourth-order valence-electron chi connectivity index (χ4n) is 2.30. The Morgan fingerprint density at radius 2 is 2.12 bits per heavy atom. The van der Waals surface area contributed by atoms with Crippen LogP contribution in [0.4, 0.5) is 5.69 Å². The van der Waals surface area contributed by atoms with Gasteiger partial charge in [0.15, 0.2) is 5.75 Å². The summed E-state index contributed by atoms with van der Waals surface area (Å²) in [6.07, 6.45) is 3.83. The third kappa shape index (κ3) is 4.20. The molecule has 0 radical (unpaired) electrons. The van der Waals surface area contributed by atoms with Crippen molar-refractivity contribution < 1.29 is 9.84 Å². The Kier molecular flexibility index (Phi) is 5.70. The Morgan fingerprint density at radius 3 is 2.79 bits per heavy atom. The number of hydrogen-bond donors (Lipinski definition) is 2.